The van der Waals surface area contributed by atoms with E-state index in [2.05, 4.69) is 18.7 Å². The number of hydrogen-bond acceptors (Lipinski definition) is 4. The van der Waals surface area contributed by atoms with Crippen molar-refractivity contribution in [3.8, 4) is 0 Å². The van der Waals surface area contributed by atoms with E-state index in [0.717, 1.165) is 38.1 Å². The zero-order valence-electron chi connectivity index (χ0n) is 18.7. The molecule has 32 heavy (non-hydrogen) atoms. The monoisotopic (exact) mass is 470 g/mol. The Balaban J connectivity index is 1.58. The summed E-state index contributed by atoms with van der Waals surface area (Å²) in [6.07, 6.45) is 6.23. The molecule has 0 bridgehead atoms. The molecule has 0 amide bonds. The number of nitrogens with two attached hydrogens (primary N) is 1. The van der Waals surface area contributed by atoms with Gasteiger partial charge in [0.25, 0.3) is 0 Å². The van der Waals surface area contributed by atoms with E-state index in [1.807, 2.05) is 0 Å². The topological polar surface area (TPSA) is 90.3 Å². The number of likely N-dealkylation sites (tertiary alicyclic amines) is 1. The van der Waals surface area contributed by atoms with Crippen LogP contribution in [0.15, 0.2) is 16.9 Å². The molecule has 1 aromatic carbocycles. The summed E-state index contributed by atoms with van der Waals surface area (Å²) in [5, 5.41) is 5.09. The van der Waals surface area contributed by atoms with Crippen LogP contribution in [-0.2, 0) is 16.6 Å². The maximum Gasteiger partial charge on any atom is 0.329 e. The van der Waals surface area contributed by atoms with E-state index < -0.39 is 33.1 Å². The fraction of sp³-hybridized carbons (Fsp3) is 0.682. The quantitative estimate of drug-likeness (QED) is 0.728. The number of aryl methyl sites for hydroxylation is 1. The fourth-order valence-electron chi connectivity index (χ4n) is 5.32. The van der Waals surface area contributed by atoms with Gasteiger partial charge >= 0.3 is 5.69 Å². The van der Waals surface area contributed by atoms with Gasteiger partial charge in [-0.15, -0.1) is 0 Å². The van der Waals surface area contributed by atoms with Gasteiger partial charge in [-0.1, -0.05) is 13.8 Å². The highest BCUT2D eigenvalue weighted by Crippen LogP contribution is 2.38. The Bertz CT molecular complexity index is 1150. The number of benzene rings is 1. The van der Waals surface area contributed by atoms with Gasteiger partial charge in [-0.25, -0.2) is 27.1 Å². The van der Waals surface area contributed by atoms with Gasteiger partial charge in [0, 0.05) is 43.9 Å². The minimum atomic E-state index is -3.81. The standard InChI is InChI=1S/C22H32F2N4O3S/c1-22(2)7-3-15(4-8-22)26-9-5-16(6-10-26)28-20-14-18(24)17(23)13-19(20)27(21(28)29)11-12-32(25,30)31/h13-16H,3-12H2,1-2H3,(H2,25,30,31). The number of aromatic nitrogens is 2. The molecule has 4 rings (SSSR count). The van der Waals surface area contributed by atoms with Gasteiger partial charge in [0.2, 0.25) is 10.0 Å². The predicted octanol–water partition coefficient (Wildman–Crippen LogP) is 2.98. The predicted molar refractivity (Wildman–Crippen MR) is 120 cm³/mol. The van der Waals surface area contributed by atoms with Crippen molar-refractivity contribution in [3.63, 3.8) is 0 Å². The molecule has 10 heteroatoms. The molecule has 0 atom stereocenters. The molecule has 0 unspecified atom stereocenters. The number of primary sulfonamides is 1. The van der Waals surface area contributed by atoms with Gasteiger partial charge in [-0.3, -0.25) is 9.13 Å². The molecule has 178 valence electrons. The van der Waals surface area contributed by atoms with Crippen LogP contribution in [0.25, 0.3) is 11.0 Å². The number of rotatable bonds is 5. The van der Waals surface area contributed by atoms with Crippen molar-refractivity contribution in [3.05, 3.63) is 34.3 Å². The summed E-state index contributed by atoms with van der Waals surface area (Å²) in [5.74, 6) is -2.56. The number of sulfonamides is 1. The van der Waals surface area contributed by atoms with Crippen molar-refractivity contribution in [2.75, 3.05) is 18.8 Å². The van der Waals surface area contributed by atoms with E-state index >= 15 is 0 Å². The first-order chi connectivity index (χ1) is 15.0. The fourth-order valence-corrected chi connectivity index (χ4v) is 5.75. The molecule has 1 saturated heterocycles. The van der Waals surface area contributed by atoms with Crippen molar-refractivity contribution < 1.29 is 17.2 Å². The molecular weight excluding hydrogens is 438 g/mol. The summed E-state index contributed by atoms with van der Waals surface area (Å²) in [6, 6.07) is 2.41. The Hall–Kier alpha value is -1.78. The molecule has 0 radical (unpaired) electrons. The summed E-state index contributed by atoms with van der Waals surface area (Å²) < 4.78 is 53.6. The highest BCUT2D eigenvalue weighted by Gasteiger charge is 2.33. The van der Waals surface area contributed by atoms with Crippen LogP contribution in [0.5, 0.6) is 0 Å². The molecule has 1 aromatic heterocycles. The summed E-state index contributed by atoms with van der Waals surface area (Å²) in [7, 11) is -3.81. The number of piperidine rings is 1. The summed E-state index contributed by atoms with van der Waals surface area (Å²) >= 11 is 0. The third-order valence-corrected chi connectivity index (χ3v) is 8.05. The van der Waals surface area contributed by atoms with E-state index in [4.69, 9.17) is 5.14 Å². The Morgan fingerprint density at radius 2 is 1.56 bits per heavy atom. The van der Waals surface area contributed by atoms with Crippen molar-refractivity contribution in [2.45, 2.75) is 71.0 Å². The van der Waals surface area contributed by atoms with Crippen molar-refractivity contribution >= 4 is 21.1 Å². The molecule has 2 aromatic rings. The van der Waals surface area contributed by atoms with Crippen LogP contribution in [0.2, 0.25) is 0 Å². The Morgan fingerprint density at radius 3 is 2.12 bits per heavy atom. The molecule has 7 nitrogen and oxygen atoms in total. The third kappa shape index (κ3) is 4.77. The second-order valence-corrected chi connectivity index (χ2v) is 11.8. The van der Waals surface area contributed by atoms with Gasteiger partial charge in [0.15, 0.2) is 11.6 Å². The molecule has 1 aliphatic carbocycles. The molecule has 2 aliphatic rings. The van der Waals surface area contributed by atoms with Gasteiger partial charge in [-0.05, 0) is 43.9 Å². The van der Waals surface area contributed by atoms with Crippen LogP contribution >= 0.6 is 0 Å². The van der Waals surface area contributed by atoms with E-state index in [1.54, 1.807) is 0 Å². The number of hydrogen-bond donors (Lipinski definition) is 1. The van der Waals surface area contributed by atoms with Crippen LogP contribution < -0.4 is 10.8 Å². The minimum absolute atomic E-state index is 0.151. The summed E-state index contributed by atoms with van der Waals surface area (Å²) in [4.78, 5) is 15.7. The maximum atomic E-state index is 14.1. The Labute approximate surface area is 187 Å². The number of nitrogens with zero attached hydrogens (tertiary/aromatic N) is 3. The van der Waals surface area contributed by atoms with E-state index in [1.165, 1.54) is 34.8 Å². The lowest BCUT2D eigenvalue weighted by Crippen LogP contribution is -2.45. The van der Waals surface area contributed by atoms with E-state index in [-0.39, 0.29) is 18.1 Å². The lowest BCUT2D eigenvalue weighted by atomic mass is 9.75. The van der Waals surface area contributed by atoms with Gasteiger partial charge in [0.05, 0.1) is 16.8 Å². The maximum absolute atomic E-state index is 14.1. The molecule has 2 N–H and O–H groups in total. The van der Waals surface area contributed by atoms with Gasteiger partial charge < -0.3 is 4.90 Å². The number of halogens is 2. The summed E-state index contributed by atoms with van der Waals surface area (Å²) in [6.45, 7) is 6.11. The Morgan fingerprint density at radius 1 is 1.00 bits per heavy atom. The van der Waals surface area contributed by atoms with Crippen LogP contribution in [0.4, 0.5) is 8.78 Å². The average Bonchev–Trinajstić information content (AvgIpc) is 2.97. The molecule has 1 saturated carbocycles. The summed E-state index contributed by atoms with van der Waals surface area (Å²) in [5.41, 5.74) is 0.433. The van der Waals surface area contributed by atoms with Crippen LogP contribution in [0.1, 0.15) is 58.4 Å². The van der Waals surface area contributed by atoms with E-state index in [9.17, 15) is 22.0 Å². The zero-order chi connectivity index (χ0) is 23.3. The van der Waals surface area contributed by atoms with Gasteiger partial charge in [0.1, 0.15) is 0 Å². The third-order valence-electron chi connectivity index (χ3n) is 7.29. The smallest absolute Gasteiger partial charge is 0.300 e. The number of fused-ring (bicyclic) bond motifs is 1. The van der Waals surface area contributed by atoms with Gasteiger partial charge in [-0.2, -0.15) is 0 Å². The highest BCUT2D eigenvalue weighted by atomic mass is 32.2. The first-order valence-electron chi connectivity index (χ1n) is 11.3. The largest absolute Gasteiger partial charge is 0.329 e. The lowest BCUT2D eigenvalue weighted by molar-refractivity contribution is 0.0774. The lowest BCUT2D eigenvalue weighted by Gasteiger charge is -2.43. The van der Waals surface area contributed by atoms with Crippen LogP contribution in [0, 0.1) is 17.0 Å². The molecule has 1 aliphatic heterocycles. The molecule has 2 heterocycles. The highest BCUT2D eigenvalue weighted by molar-refractivity contribution is 7.89. The minimum Gasteiger partial charge on any atom is -0.300 e. The SMILES string of the molecule is CC1(C)CCC(N2CCC(n3c(=O)n(CCS(N)(=O)=O)c4cc(F)c(F)cc43)CC2)CC1. The Kier molecular flexibility index (Phi) is 6.23. The normalized spacial score (nSPS) is 21.4. The first-order valence-corrected chi connectivity index (χ1v) is 13.0. The average molecular weight is 471 g/mol. The van der Waals surface area contributed by atoms with Crippen LogP contribution in [0.3, 0.4) is 0 Å². The van der Waals surface area contributed by atoms with Crippen LogP contribution in [-0.4, -0.2) is 47.3 Å². The second kappa shape index (κ2) is 8.53. The van der Waals surface area contributed by atoms with Crippen molar-refractivity contribution in [1.82, 2.24) is 14.0 Å². The first kappa shape index (κ1) is 23.4. The molecule has 0 spiro atoms. The van der Waals surface area contributed by atoms with Crippen molar-refractivity contribution in [2.24, 2.45) is 10.6 Å². The molecular formula is C22H32F2N4O3S. The molecule has 2 fully saturated rings. The second-order valence-electron chi connectivity index (χ2n) is 10.1. The zero-order valence-corrected chi connectivity index (χ0v) is 19.5. The van der Waals surface area contributed by atoms with E-state index in [0.29, 0.717) is 17.0 Å². The van der Waals surface area contributed by atoms with Crippen molar-refractivity contribution in [1.29, 1.82) is 0 Å². The number of imidazole rings is 1.